The highest BCUT2D eigenvalue weighted by Gasteiger charge is 2.40. The van der Waals surface area contributed by atoms with E-state index < -0.39 is 0 Å². The van der Waals surface area contributed by atoms with Gasteiger partial charge in [0.1, 0.15) is 0 Å². The number of nitrogens with one attached hydrogen (secondary N) is 1. The molecule has 0 aliphatic carbocycles. The van der Waals surface area contributed by atoms with Crippen molar-refractivity contribution in [1.82, 2.24) is 20.4 Å². The predicted molar refractivity (Wildman–Crippen MR) is 75.4 cm³/mol. The summed E-state index contributed by atoms with van der Waals surface area (Å²) in [5, 5.41) is 7.78. The summed E-state index contributed by atoms with van der Waals surface area (Å²) in [7, 11) is 2.27. The largest absolute Gasteiger partial charge is 0.338 e. The van der Waals surface area contributed by atoms with Gasteiger partial charge in [-0.25, -0.2) is 0 Å². The highest BCUT2D eigenvalue weighted by Crippen LogP contribution is 2.41. The molecule has 0 spiro atoms. The zero-order valence-corrected chi connectivity index (χ0v) is 12.2. The summed E-state index contributed by atoms with van der Waals surface area (Å²) in [6.45, 7) is 1.07. The molecule has 0 amide bonds. The van der Waals surface area contributed by atoms with Crippen LogP contribution in [0.25, 0.3) is 0 Å². The SMILES string of the molecule is CN1C2CCC1CC(c1noc(C3CCCCN3)n1)C2. The Hall–Kier alpha value is -0.940. The first-order chi connectivity index (χ1) is 9.81. The molecule has 20 heavy (non-hydrogen) atoms. The maximum Gasteiger partial charge on any atom is 0.243 e. The second kappa shape index (κ2) is 5.11. The molecule has 3 saturated heterocycles. The number of piperidine rings is 2. The third-order valence-corrected chi connectivity index (χ3v) is 5.53. The number of fused-ring (bicyclic) bond motifs is 2. The molecule has 4 heterocycles. The maximum atomic E-state index is 5.54. The average Bonchev–Trinajstić information content (AvgIpc) is 3.03. The number of nitrogens with zero attached hydrogens (tertiary/aromatic N) is 3. The molecule has 1 aromatic heterocycles. The number of rotatable bonds is 2. The van der Waals surface area contributed by atoms with Crippen LogP contribution in [0.5, 0.6) is 0 Å². The van der Waals surface area contributed by atoms with Crippen LogP contribution in [-0.4, -0.2) is 40.7 Å². The molecular formula is C15H24N4O. The molecule has 5 nitrogen and oxygen atoms in total. The van der Waals surface area contributed by atoms with Gasteiger partial charge in [-0.2, -0.15) is 4.98 Å². The van der Waals surface area contributed by atoms with Crippen LogP contribution in [-0.2, 0) is 0 Å². The Bertz CT molecular complexity index is 454. The molecule has 3 unspecified atom stereocenters. The lowest BCUT2D eigenvalue weighted by Crippen LogP contribution is -2.39. The fraction of sp³-hybridized carbons (Fsp3) is 0.867. The topological polar surface area (TPSA) is 54.2 Å². The first kappa shape index (κ1) is 12.8. The van der Waals surface area contributed by atoms with Crippen molar-refractivity contribution in [1.29, 1.82) is 0 Å². The van der Waals surface area contributed by atoms with E-state index in [0.29, 0.717) is 5.92 Å². The Balaban J connectivity index is 1.48. The molecule has 5 heteroatoms. The van der Waals surface area contributed by atoms with Gasteiger partial charge in [-0.15, -0.1) is 0 Å². The van der Waals surface area contributed by atoms with Crippen LogP contribution < -0.4 is 5.32 Å². The van der Waals surface area contributed by atoms with Crippen molar-refractivity contribution in [2.75, 3.05) is 13.6 Å². The maximum absolute atomic E-state index is 5.54. The van der Waals surface area contributed by atoms with Crippen molar-refractivity contribution < 1.29 is 4.52 Å². The minimum Gasteiger partial charge on any atom is -0.338 e. The molecule has 0 radical (unpaired) electrons. The van der Waals surface area contributed by atoms with Crippen molar-refractivity contribution in [2.45, 2.75) is 69.0 Å². The van der Waals surface area contributed by atoms with Crippen LogP contribution >= 0.6 is 0 Å². The quantitative estimate of drug-likeness (QED) is 0.897. The van der Waals surface area contributed by atoms with Gasteiger partial charge < -0.3 is 14.7 Å². The minimum absolute atomic E-state index is 0.285. The van der Waals surface area contributed by atoms with Crippen LogP contribution in [0.2, 0.25) is 0 Å². The van der Waals surface area contributed by atoms with Gasteiger partial charge in [0, 0.05) is 18.0 Å². The van der Waals surface area contributed by atoms with E-state index in [9.17, 15) is 0 Å². The second-order valence-corrected chi connectivity index (χ2v) is 6.71. The molecule has 1 aromatic rings. The van der Waals surface area contributed by atoms with Gasteiger partial charge in [0.05, 0.1) is 6.04 Å². The lowest BCUT2D eigenvalue weighted by Gasteiger charge is -2.34. The third-order valence-electron chi connectivity index (χ3n) is 5.53. The number of aromatic nitrogens is 2. The molecule has 4 rings (SSSR count). The minimum atomic E-state index is 0.285. The van der Waals surface area contributed by atoms with Gasteiger partial charge in [-0.3, -0.25) is 0 Å². The van der Waals surface area contributed by atoms with Crippen molar-refractivity contribution in [3.63, 3.8) is 0 Å². The number of hydrogen-bond donors (Lipinski definition) is 1. The zero-order chi connectivity index (χ0) is 13.5. The molecule has 110 valence electrons. The molecule has 0 saturated carbocycles. The average molecular weight is 276 g/mol. The predicted octanol–water partition coefficient (Wildman–Crippen LogP) is 2.22. The standard InChI is InChI=1S/C15H24N4O/c1-19-11-5-6-12(19)9-10(8-11)14-17-15(20-18-14)13-4-2-3-7-16-13/h10-13,16H,2-9H2,1H3. The molecular weight excluding hydrogens is 252 g/mol. The van der Waals surface area contributed by atoms with Gasteiger partial charge in [-0.05, 0) is 52.1 Å². The highest BCUT2D eigenvalue weighted by atomic mass is 16.5. The summed E-state index contributed by atoms with van der Waals surface area (Å²) in [6.07, 6.45) is 8.72. The van der Waals surface area contributed by atoms with Crippen LogP contribution in [0.15, 0.2) is 4.52 Å². The lowest BCUT2D eigenvalue weighted by atomic mass is 9.90. The molecule has 3 aliphatic heterocycles. The van der Waals surface area contributed by atoms with E-state index in [1.165, 1.54) is 38.5 Å². The lowest BCUT2D eigenvalue weighted by molar-refractivity contribution is 0.157. The van der Waals surface area contributed by atoms with Gasteiger partial charge >= 0.3 is 0 Å². The van der Waals surface area contributed by atoms with Crippen molar-refractivity contribution >= 4 is 0 Å². The smallest absolute Gasteiger partial charge is 0.243 e. The molecule has 3 aliphatic rings. The fourth-order valence-electron chi connectivity index (χ4n) is 4.24. The first-order valence-corrected chi connectivity index (χ1v) is 8.10. The normalized spacial score (nSPS) is 38.2. The Kier molecular flexibility index (Phi) is 3.27. The fourth-order valence-corrected chi connectivity index (χ4v) is 4.24. The molecule has 1 N–H and O–H groups in total. The summed E-state index contributed by atoms with van der Waals surface area (Å²) < 4.78 is 5.54. The summed E-state index contributed by atoms with van der Waals surface area (Å²) in [4.78, 5) is 7.28. The molecule has 3 fully saturated rings. The van der Waals surface area contributed by atoms with Crippen molar-refractivity contribution in [2.24, 2.45) is 0 Å². The zero-order valence-electron chi connectivity index (χ0n) is 12.2. The van der Waals surface area contributed by atoms with E-state index in [2.05, 4.69) is 22.4 Å². The Morgan fingerprint density at radius 3 is 2.65 bits per heavy atom. The van der Waals surface area contributed by atoms with E-state index in [1.807, 2.05) is 0 Å². The van der Waals surface area contributed by atoms with E-state index in [1.54, 1.807) is 0 Å². The van der Waals surface area contributed by atoms with E-state index >= 15 is 0 Å². The summed E-state index contributed by atoms with van der Waals surface area (Å²) in [6, 6.07) is 1.75. The Morgan fingerprint density at radius 2 is 1.95 bits per heavy atom. The summed E-state index contributed by atoms with van der Waals surface area (Å²) in [5.74, 6) is 2.27. The van der Waals surface area contributed by atoms with Crippen molar-refractivity contribution in [3.8, 4) is 0 Å². The van der Waals surface area contributed by atoms with Crippen molar-refractivity contribution in [3.05, 3.63) is 11.7 Å². The van der Waals surface area contributed by atoms with Crippen LogP contribution in [0.3, 0.4) is 0 Å². The Labute approximate surface area is 120 Å². The second-order valence-electron chi connectivity index (χ2n) is 6.71. The molecule has 0 aromatic carbocycles. The van der Waals surface area contributed by atoms with Gasteiger partial charge in [0.2, 0.25) is 5.89 Å². The number of hydrogen-bond acceptors (Lipinski definition) is 5. The highest BCUT2D eigenvalue weighted by molar-refractivity contribution is 5.06. The van der Waals surface area contributed by atoms with Crippen LogP contribution in [0, 0.1) is 0 Å². The first-order valence-electron chi connectivity index (χ1n) is 8.10. The monoisotopic (exact) mass is 276 g/mol. The Morgan fingerprint density at radius 1 is 1.15 bits per heavy atom. The van der Waals surface area contributed by atoms with Gasteiger partial charge in [-0.1, -0.05) is 11.6 Å². The molecule has 3 atom stereocenters. The summed E-state index contributed by atoms with van der Waals surface area (Å²) in [5.41, 5.74) is 0. The van der Waals surface area contributed by atoms with Crippen LogP contribution in [0.4, 0.5) is 0 Å². The van der Waals surface area contributed by atoms with Gasteiger partial charge in [0.25, 0.3) is 0 Å². The van der Waals surface area contributed by atoms with E-state index in [4.69, 9.17) is 9.51 Å². The van der Waals surface area contributed by atoms with Gasteiger partial charge in [0.15, 0.2) is 5.82 Å². The molecule has 2 bridgehead atoms. The third kappa shape index (κ3) is 2.17. The van der Waals surface area contributed by atoms with Crippen LogP contribution in [0.1, 0.15) is 68.6 Å². The summed E-state index contributed by atoms with van der Waals surface area (Å²) >= 11 is 0. The van der Waals surface area contributed by atoms with E-state index in [0.717, 1.165) is 36.8 Å². The van der Waals surface area contributed by atoms with E-state index in [-0.39, 0.29) is 6.04 Å².